The lowest BCUT2D eigenvalue weighted by Crippen LogP contribution is -2.14. The van der Waals surface area contributed by atoms with Gasteiger partial charge in [-0.1, -0.05) is 28.4 Å². The molecule has 0 aromatic carbocycles. The Morgan fingerprint density at radius 2 is 2.44 bits per heavy atom. The third-order valence-corrected chi connectivity index (χ3v) is 0.987. The minimum atomic E-state index is 0.737. The fourth-order valence-corrected chi connectivity index (χ4v) is 0.547. The predicted octanol–water partition coefficient (Wildman–Crippen LogP) is 1.51. The number of hydrogen-bond acceptors (Lipinski definition) is 1. The van der Waals surface area contributed by atoms with E-state index in [1.54, 1.807) is 0 Å². The summed E-state index contributed by atoms with van der Waals surface area (Å²) in [4.78, 5) is 0. The average Bonchev–Trinajstić information content (AvgIpc) is 1.80. The van der Waals surface area contributed by atoms with Crippen LogP contribution in [-0.2, 0) is 0 Å². The highest BCUT2D eigenvalue weighted by Crippen LogP contribution is 1.95. The Kier molecular flexibility index (Phi) is 5.70. The van der Waals surface area contributed by atoms with Gasteiger partial charge in [0.25, 0.3) is 0 Å². The van der Waals surface area contributed by atoms with E-state index in [0.29, 0.717) is 0 Å². The normalized spacial score (nSPS) is 7.78. The first-order chi connectivity index (χ1) is 4.27. The van der Waals surface area contributed by atoms with Crippen molar-refractivity contribution < 1.29 is 0 Å². The van der Waals surface area contributed by atoms with Crippen LogP contribution in [0.5, 0.6) is 0 Å². The highest BCUT2D eigenvalue weighted by molar-refractivity contribution is 9.11. The van der Waals surface area contributed by atoms with Crippen LogP contribution in [-0.4, -0.2) is 13.1 Å². The second-order valence-electron chi connectivity index (χ2n) is 1.55. The zero-order valence-electron chi connectivity index (χ0n) is 5.50. The molecular weight excluding hydrogens is 178 g/mol. The quantitative estimate of drug-likeness (QED) is 0.522. The van der Waals surface area contributed by atoms with Gasteiger partial charge in [0.1, 0.15) is 0 Å². The van der Waals surface area contributed by atoms with Gasteiger partial charge in [0, 0.05) is 11.0 Å². The Morgan fingerprint density at radius 1 is 1.78 bits per heavy atom. The lowest BCUT2D eigenvalue weighted by Gasteiger charge is -1.94. The van der Waals surface area contributed by atoms with Crippen molar-refractivity contribution in [2.24, 2.45) is 0 Å². The molecule has 50 valence electrons. The molecule has 9 heavy (non-hydrogen) atoms. The van der Waals surface area contributed by atoms with Crippen LogP contribution in [0.3, 0.4) is 0 Å². The zero-order chi connectivity index (χ0) is 7.11. The van der Waals surface area contributed by atoms with Gasteiger partial charge in [0.05, 0.1) is 6.54 Å². The third kappa shape index (κ3) is 7.74. The Hall–Kier alpha value is -0.260. The summed E-state index contributed by atoms with van der Waals surface area (Å²) in [5.74, 6) is 5.66. The van der Waals surface area contributed by atoms with Crippen molar-refractivity contribution >= 4 is 15.9 Å². The van der Waals surface area contributed by atoms with Crippen molar-refractivity contribution in [1.82, 2.24) is 5.32 Å². The van der Waals surface area contributed by atoms with Gasteiger partial charge in [0.15, 0.2) is 0 Å². The molecule has 0 aliphatic carbocycles. The molecule has 1 nitrogen and oxygen atoms in total. The van der Waals surface area contributed by atoms with E-state index in [-0.39, 0.29) is 0 Å². The van der Waals surface area contributed by atoms with Crippen LogP contribution in [0.1, 0.15) is 6.92 Å². The van der Waals surface area contributed by atoms with E-state index in [0.717, 1.165) is 17.6 Å². The van der Waals surface area contributed by atoms with Crippen molar-refractivity contribution in [3.05, 3.63) is 11.1 Å². The summed E-state index contributed by atoms with van der Waals surface area (Å²) in [6, 6.07) is 0. The Labute approximate surface area is 64.7 Å². The second kappa shape index (κ2) is 5.87. The average molecular weight is 188 g/mol. The molecule has 0 bridgehead atoms. The summed E-state index contributed by atoms with van der Waals surface area (Å²) in [6.45, 7) is 7.01. The fourth-order valence-electron chi connectivity index (χ4n) is 0.349. The maximum Gasteiger partial charge on any atom is 0.0579 e. The molecule has 0 aliphatic rings. The van der Waals surface area contributed by atoms with Crippen LogP contribution in [0.25, 0.3) is 0 Å². The Balaban J connectivity index is 3.07. The van der Waals surface area contributed by atoms with E-state index >= 15 is 0 Å². The van der Waals surface area contributed by atoms with E-state index in [9.17, 15) is 0 Å². The van der Waals surface area contributed by atoms with E-state index < -0.39 is 0 Å². The van der Waals surface area contributed by atoms with Gasteiger partial charge < -0.3 is 5.32 Å². The SMILES string of the molecule is C=C(Br)CNCC#CC. The fraction of sp³-hybridized carbons (Fsp3) is 0.429. The maximum atomic E-state index is 3.66. The Bertz CT molecular complexity index is 141. The van der Waals surface area contributed by atoms with Crippen LogP contribution in [0.15, 0.2) is 11.1 Å². The monoisotopic (exact) mass is 187 g/mol. The predicted molar refractivity (Wildman–Crippen MR) is 44.4 cm³/mol. The minimum Gasteiger partial charge on any atom is -0.302 e. The topological polar surface area (TPSA) is 12.0 Å². The number of nitrogens with one attached hydrogen (secondary N) is 1. The Morgan fingerprint density at radius 3 is 2.89 bits per heavy atom. The van der Waals surface area contributed by atoms with Gasteiger partial charge in [0.2, 0.25) is 0 Å². The van der Waals surface area contributed by atoms with Crippen molar-refractivity contribution in [1.29, 1.82) is 0 Å². The van der Waals surface area contributed by atoms with E-state index in [4.69, 9.17) is 0 Å². The molecular formula is C7H10BrN. The summed E-state index contributed by atoms with van der Waals surface area (Å²) in [7, 11) is 0. The summed E-state index contributed by atoms with van der Waals surface area (Å²) in [6.07, 6.45) is 0. The highest BCUT2D eigenvalue weighted by atomic mass is 79.9. The van der Waals surface area contributed by atoms with E-state index in [1.807, 2.05) is 6.92 Å². The number of rotatable bonds is 3. The van der Waals surface area contributed by atoms with Crippen molar-refractivity contribution in [2.75, 3.05) is 13.1 Å². The van der Waals surface area contributed by atoms with Crippen LogP contribution < -0.4 is 5.32 Å². The number of hydrogen-bond donors (Lipinski definition) is 1. The maximum absolute atomic E-state index is 3.66. The van der Waals surface area contributed by atoms with Gasteiger partial charge in [-0.3, -0.25) is 0 Å². The van der Waals surface area contributed by atoms with Crippen molar-refractivity contribution in [3.63, 3.8) is 0 Å². The summed E-state index contributed by atoms with van der Waals surface area (Å²) in [5, 5.41) is 3.07. The molecule has 0 saturated heterocycles. The highest BCUT2D eigenvalue weighted by Gasteiger charge is 1.82. The minimum absolute atomic E-state index is 0.737. The van der Waals surface area contributed by atoms with Crippen molar-refractivity contribution in [2.45, 2.75) is 6.92 Å². The molecule has 0 saturated carbocycles. The molecule has 0 amide bonds. The molecule has 0 unspecified atom stereocenters. The number of halogens is 1. The van der Waals surface area contributed by atoms with Gasteiger partial charge >= 0.3 is 0 Å². The van der Waals surface area contributed by atoms with E-state index in [1.165, 1.54) is 0 Å². The first-order valence-electron chi connectivity index (χ1n) is 2.71. The molecule has 0 aromatic rings. The zero-order valence-corrected chi connectivity index (χ0v) is 7.09. The molecule has 2 heteroatoms. The van der Waals surface area contributed by atoms with Crippen LogP contribution in [0, 0.1) is 11.8 Å². The smallest absolute Gasteiger partial charge is 0.0579 e. The van der Waals surface area contributed by atoms with Crippen molar-refractivity contribution in [3.8, 4) is 11.8 Å². The van der Waals surface area contributed by atoms with Crippen LogP contribution in [0.2, 0.25) is 0 Å². The molecule has 0 aliphatic heterocycles. The first kappa shape index (κ1) is 8.74. The molecule has 0 radical (unpaired) electrons. The van der Waals surface area contributed by atoms with E-state index in [2.05, 4.69) is 39.7 Å². The lowest BCUT2D eigenvalue weighted by molar-refractivity contribution is 0.853. The molecule has 0 rings (SSSR count). The van der Waals surface area contributed by atoms with Crippen LogP contribution >= 0.6 is 15.9 Å². The molecule has 0 atom stereocenters. The first-order valence-corrected chi connectivity index (χ1v) is 3.50. The molecule has 0 fully saturated rings. The molecule has 0 spiro atoms. The van der Waals surface area contributed by atoms with Gasteiger partial charge in [-0.2, -0.15) is 0 Å². The molecule has 0 heterocycles. The third-order valence-electron chi connectivity index (χ3n) is 0.707. The van der Waals surface area contributed by atoms with Gasteiger partial charge in [-0.15, -0.1) is 5.92 Å². The summed E-state index contributed by atoms with van der Waals surface area (Å²) in [5.41, 5.74) is 0. The van der Waals surface area contributed by atoms with Crippen LogP contribution in [0.4, 0.5) is 0 Å². The second-order valence-corrected chi connectivity index (χ2v) is 2.67. The lowest BCUT2D eigenvalue weighted by atomic mass is 10.5. The largest absolute Gasteiger partial charge is 0.302 e. The standard InChI is InChI=1S/C7H10BrN/c1-3-4-5-9-6-7(2)8/h9H,2,5-6H2,1H3. The molecule has 1 N–H and O–H groups in total. The molecule has 0 aromatic heterocycles. The summed E-state index contributed by atoms with van der Waals surface area (Å²) < 4.78 is 0.959. The van der Waals surface area contributed by atoms with Gasteiger partial charge in [-0.05, 0) is 6.92 Å². The summed E-state index contributed by atoms with van der Waals surface area (Å²) >= 11 is 3.22. The van der Waals surface area contributed by atoms with Gasteiger partial charge in [-0.25, -0.2) is 0 Å².